The van der Waals surface area contributed by atoms with E-state index in [2.05, 4.69) is 52.1 Å². The summed E-state index contributed by atoms with van der Waals surface area (Å²) in [7, 11) is 0. The van der Waals surface area contributed by atoms with Gasteiger partial charge in [-0.25, -0.2) is 0 Å². The molecule has 0 fully saturated rings. The first-order valence-corrected chi connectivity index (χ1v) is 9.35. The Hall–Kier alpha value is -2.27. The van der Waals surface area contributed by atoms with Crippen LogP contribution in [0.3, 0.4) is 0 Å². The van der Waals surface area contributed by atoms with Crippen LogP contribution in [-0.4, -0.2) is 16.6 Å². The summed E-state index contributed by atoms with van der Waals surface area (Å²) in [5, 5.41) is 16.8. The molecular weight excluding hydrogens is 364 g/mol. The topological polar surface area (TPSA) is 48.0 Å². The van der Waals surface area contributed by atoms with E-state index >= 15 is 0 Å². The second-order valence-electron chi connectivity index (χ2n) is 6.50. The van der Waals surface area contributed by atoms with Gasteiger partial charge in [-0.3, -0.25) is 0 Å². The minimum Gasteiger partial charge on any atom is -0.508 e. The van der Waals surface area contributed by atoms with Crippen molar-refractivity contribution in [2.45, 2.75) is 12.0 Å². The van der Waals surface area contributed by atoms with Gasteiger partial charge in [0.15, 0.2) is 0 Å². The SMILES string of the molecule is Cl.Oc1ccc(C2NCC(c3cccs3)c3c2[nH]c2ccccc32)cc1. The average Bonchev–Trinajstić information content (AvgIpc) is 3.30. The first kappa shape index (κ1) is 17.2. The second kappa shape index (κ2) is 6.80. The lowest BCUT2D eigenvalue weighted by Crippen LogP contribution is -2.33. The van der Waals surface area contributed by atoms with E-state index in [1.54, 1.807) is 12.1 Å². The molecule has 0 saturated heterocycles. The number of nitrogens with one attached hydrogen (secondary N) is 2. The van der Waals surface area contributed by atoms with Crippen molar-refractivity contribution in [1.29, 1.82) is 0 Å². The molecule has 26 heavy (non-hydrogen) atoms. The van der Waals surface area contributed by atoms with Gasteiger partial charge in [-0.2, -0.15) is 0 Å². The van der Waals surface area contributed by atoms with Gasteiger partial charge >= 0.3 is 0 Å². The Kier molecular flexibility index (Phi) is 4.49. The zero-order chi connectivity index (χ0) is 16.8. The first-order valence-electron chi connectivity index (χ1n) is 8.47. The van der Waals surface area contributed by atoms with E-state index in [-0.39, 0.29) is 18.4 Å². The molecule has 3 N–H and O–H groups in total. The number of phenols is 1. The summed E-state index contributed by atoms with van der Waals surface area (Å²) in [6, 6.07) is 20.5. The molecule has 2 aromatic carbocycles. The Morgan fingerprint density at radius 2 is 1.77 bits per heavy atom. The molecule has 0 radical (unpaired) electrons. The number of thiophene rings is 1. The quantitative estimate of drug-likeness (QED) is 0.447. The van der Waals surface area contributed by atoms with Crippen molar-refractivity contribution in [3.05, 3.63) is 87.7 Å². The molecular formula is C21H19ClN2OS. The molecule has 4 aromatic rings. The Bertz CT molecular complexity index is 1020. The van der Waals surface area contributed by atoms with Crippen LogP contribution in [0.2, 0.25) is 0 Å². The molecule has 5 heteroatoms. The van der Waals surface area contributed by atoms with Gasteiger partial charge in [0.05, 0.1) is 6.04 Å². The van der Waals surface area contributed by atoms with Crippen LogP contribution in [-0.2, 0) is 0 Å². The number of aromatic hydroxyl groups is 1. The van der Waals surface area contributed by atoms with Crippen molar-refractivity contribution >= 4 is 34.6 Å². The van der Waals surface area contributed by atoms with E-state index in [0.717, 1.165) is 12.1 Å². The van der Waals surface area contributed by atoms with E-state index in [0.29, 0.717) is 11.7 Å². The number of para-hydroxylation sites is 1. The molecule has 0 spiro atoms. The lowest BCUT2D eigenvalue weighted by atomic mass is 9.86. The number of phenolic OH excluding ortho intramolecular Hbond substituents is 1. The van der Waals surface area contributed by atoms with Crippen LogP contribution in [0, 0.1) is 0 Å². The number of aromatic amines is 1. The lowest BCUT2D eigenvalue weighted by molar-refractivity contribution is 0.474. The van der Waals surface area contributed by atoms with Gasteiger partial charge in [-0.1, -0.05) is 36.4 Å². The standard InChI is InChI=1S/C21H18N2OS.ClH/c24-14-9-7-13(8-10-14)20-21-19(15-4-1-2-5-17(15)23-21)16(12-22-20)18-6-3-11-25-18;/h1-11,16,20,22-24H,12H2;1H. The number of H-pyrrole nitrogens is 1. The molecule has 1 aliphatic heterocycles. The van der Waals surface area contributed by atoms with Crippen LogP contribution in [0.4, 0.5) is 0 Å². The Balaban J connectivity index is 0.00000168. The maximum Gasteiger partial charge on any atom is 0.115 e. The summed E-state index contributed by atoms with van der Waals surface area (Å²) in [6.45, 7) is 0.904. The molecule has 0 aliphatic carbocycles. The number of hydrogen-bond donors (Lipinski definition) is 3. The van der Waals surface area contributed by atoms with Crippen molar-refractivity contribution in [2.24, 2.45) is 0 Å². The molecule has 0 saturated carbocycles. The van der Waals surface area contributed by atoms with Gasteiger partial charge in [0.25, 0.3) is 0 Å². The van der Waals surface area contributed by atoms with Crippen LogP contribution in [0.25, 0.3) is 10.9 Å². The maximum absolute atomic E-state index is 9.60. The fourth-order valence-corrected chi connectivity index (χ4v) is 4.75. The molecule has 0 amide bonds. The molecule has 5 rings (SSSR count). The van der Waals surface area contributed by atoms with Crippen molar-refractivity contribution in [3.8, 4) is 5.75 Å². The predicted molar refractivity (Wildman–Crippen MR) is 110 cm³/mol. The molecule has 3 heterocycles. The molecule has 2 aromatic heterocycles. The van der Waals surface area contributed by atoms with Gasteiger partial charge in [-0.05, 0) is 40.8 Å². The largest absolute Gasteiger partial charge is 0.508 e. The minimum absolute atomic E-state index is 0. The highest BCUT2D eigenvalue weighted by molar-refractivity contribution is 7.10. The summed E-state index contributed by atoms with van der Waals surface area (Å²) >= 11 is 1.82. The van der Waals surface area contributed by atoms with E-state index in [4.69, 9.17) is 0 Å². The van der Waals surface area contributed by atoms with Crippen LogP contribution < -0.4 is 5.32 Å². The minimum atomic E-state index is 0. The first-order chi connectivity index (χ1) is 12.3. The Morgan fingerprint density at radius 3 is 2.54 bits per heavy atom. The van der Waals surface area contributed by atoms with Gasteiger partial charge < -0.3 is 15.4 Å². The van der Waals surface area contributed by atoms with Gasteiger partial charge in [0.2, 0.25) is 0 Å². The normalized spacial score (nSPS) is 19.1. The highest BCUT2D eigenvalue weighted by atomic mass is 35.5. The van der Waals surface area contributed by atoms with Crippen molar-refractivity contribution < 1.29 is 5.11 Å². The Labute approximate surface area is 162 Å². The number of benzene rings is 2. The van der Waals surface area contributed by atoms with E-state index in [9.17, 15) is 5.11 Å². The van der Waals surface area contributed by atoms with Gasteiger partial charge in [0.1, 0.15) is 5.75 Å². The third-order valence-corrected chi connectivity index (χ3v) is 6.04. The van der Waals surface area contributed by atoms with Gasteiger partial charge in [0, 0.05) is 33.9 Å². The molecule has 1 aliphatic rings. The molecule has 2 unspecified atom stereocenters. The highest BCUT2D eigenvalue weighted by Gasteiger charge is 2.32. The maximum atomic E-state index is 9.60. The summed E-state index contributed by atoms with van der Waals surface area (Å²) < 4.78 is 0. The van der Waals surface area contributed by atoms with E-state index in [1.165, 1.54) is 27.0 Å². The fraction of sp³-hybridized carbons (Fsp3) is 0.143. The van der Waals surface area contributed by atoms with E-state index < -0.39 is 0 Å². The monoisotopic (exact) mass is 382 g/mol. The number of aromatic nitrogens is 1. The Morgan fingerprint density at radius 1 is 0.962 bits per heavy atom. The van der Waals surface area contributed by atoms with Crippen LogP contribution in [0.15, 0.2) is 66.0 Å². The number of rotatable bonds is 2. The molecule has 0 bridgehead atoms. The number of hydrogen-bond acceptors (Lipinski definition) is 3. The van der Waals surface area contributed by atoms with Crippen molar-refractivity contribution in [2.75, 3.05) is 6.54 Å². The smallest absolute Gasteiger partial charge is 0.115 e. The zero-order valence-electron chi connectivity index (χ0n) is 14.0. The summed E-state index contributed by atoms with van der Waals surface area (Å²) in [5.74, 6) is 0.660. The number of halogens is 1. The molecule has 2 atom stereocenters. The molecule has 132 valence electrons. The summed E-state index contributed by atoms with van der Waals surface area (Å²) in [4.78, 5) is 5.04. The van der Waals surface area contributed by atoms with E-state index in [1.807, 2.05) is 23.5 Å². The van der Waals surface area contributed by atoms with Crippen LogP contribution in [0.5, 0.6) is 5.75 Å². The zero-order valence-corrected chi connectivity index (χ0v) is 15.6. The van der Waals surface area contributed by atoms with Gasteiger partial charge in [-0.15, -0.1) is 23.7 Å². The lowest BCUT2D eigenvalue weighted by Gasteiger charge is -2.30. The van der Waals surface area contributed by atoms with Crippen molar-refractivity contribution in [3.63, 3.8) is 0 Å². The van der Waals surface area contributed by atoms with Crippen molar-refractivity contribution in [1.82, 2.24) is 10.3 Å². The third-order valence-electron chi connectivity index (χ3n) is 5.05. The van der Waals surface area contributed by atoms with Crippen LogP contribution in [0.1, 0.15) is 33.7 Å². The van der Waals surface area contributed by atoms with Crippen LogP contribution >= 0.6 is 23.7 Å². The summed E-state index contributed by atoms with van der Waals surface area (Å²) in [5.41, 5.74) is 4.98. The second-order valence-corrected chi connectivity index (χ2v) is 7.48. The average molecular weight is 383 g/mol. The fourth-order valence-electron chi connectivity index (χ4n) is 3.91. The molecule has 3 nitrogen and oxygen atoms in total. The number of fused-ring (bicyclic) bond motifs is 3. The summed E-state index contributed by atoms with van der Waals surface area (Å²) in [6.07, 6.45) is 0. The highest BCUT2D eigenvalue weighted by Crippen LogP contribution is 2.42. The third kappa shape index (κ3) is 2.71. The predicted octanol–water partition coefficient (Wildman–Crippen LogP) is 5.18.